The van der Waals surface area contributed by atoms with E-state index >= 15 is 0 Å². The summed E-state index contributed by atoms with van der Waals surface area (Å²) < 4.78 is 0. The average Bonchev–Trinajstić information content (AvgIpc) is 2.95. The van der Waals surface area contributed by atoms with Crippen LogP contribution in [0.25, 0.3) is 0 Å². The normalized spacial score (nSPS) is 43.1. The summed E-state index contributed by atoms with van der Waals surface area (Å²) in [6.45, 7) is 15.9. The minimum atomic E-state index is -0.390. The van der Waals surface area contributed by atoms with E-state index in [9.17, 15) is 15.0 Å². The van der Waals surface area contributed by atoms with Gasteiger partial charge in [0.05, 0.1) is 6.10 Å². The number of rotatable bonds is 4. The molecule has 0 aromatic heterocycles. The molecule has 3 fully saturated rings. The monoisotopic (exact) mass is 405 g/mol. The third kappa shape index (κ3) is 4.04. The number of aliphatic hydroxyl groups excluding tert-OH is 2. The molecule has 0 aromatic rings. The van der Waals surface area contributed by atoms with Crippen molar-refractivity contribution in [1.29, 1.82) is 0 Å². The predicted octanol–water partition coefficient (Wildman–Crippen LogP) is 4.31. The van der Waals surface area contributed by atoms with E-state index in [0.717, 1.165) is 38.5 Å². The Morgan fingerprint density at radius 3 is 2.48 bits per heavy atom. The molecule has 4 nitrogen and oxygen atoms in total. The Bertz CT molecular complexity index is 638. The molecule has 0 saturated heterocycles. The van der Waals surface area contributed by atoms with Crippen molar-refractivity contribution in [3.05, 3.63) is 12.2 Å². The molecule has 3 saturated carbocycles. The van der Waals surface area contributed by atoms with Crippen LogP contribution < -0.4 is 5.32 Å². The number of aliphatic hydroxyl groups is 2. The molecule has 166 valence electrons. The molecule has 7 unspecified atom stereocenters. The minimum Gasteiger partial charge on any atom is -0.396 e. The highest BCUT2D eigenvalue weighted by atomic mass is 16.3. The molecule has 0 spiro atoms. The number of hydrogen-bond acceptors (Lipinski definition) is 3. The van der Waals surface area contributed by atoms with Crippen LogP contribution in [0.4, 0.5) is 0 Å². The Morgan fingerprint density at radius 1 is 1.17 bits per heavy atom. The van der Waals surface area contributed by atoms with Gasteiger partial charge in [0.25, 0.3) is 0 Å². The molecule has 0 aliphatic heterocycles. The van der Waals surface area contributed by atoms with E-state index in [1.807, 2.05) is 20.8 Å². The summed E-state index contributed by atoms with van der Waals surface area (Å²) in [7, 11) is 0. The third-order valence-electron chi connectivity index (χ3n) is 9.14. The summed E-state index contributed by atoms with van der Waals surface area (Å²) in [5.41, 5.74) is 1.18. The fourth-order valence-corrected chi connectivity index (χ4v) is 6.94. The lowest BCUT2D eigenvalue weighted by atomic mass is 9.49. The maximum atomic E-state index is 12.7. The van der Waals surface area contributed by atoms with Gasteiger partial charge in [-0.15, -0.1) is 0 Å². The standard InChI is InChI=1S/C25H43NO3/c1-16-7-8-20-19(14-26-22(29)23(2,3)4)21(10-12-24(16,20)5)25(6)11-9-18(28)13-17(25)15-27/h17-21,27-28H,1,7-15H2,2-6H3,(H,26,29). The maximum absolute atomic E-state index is 12.7. The van der Waals surface area contributed by atoms with Crippen LogP contribution in [0, 0.1) is 39.9 Å². The van der Waals surface area contributed by atoms with Crippen molar-refractivity contribution in [2.75, 3.05) is 13.2 Å². The van der Waals surface area contributed by atoms with Crippen molar-refractivity contribution in [3.63, 3.8) is 0 Å². The maximum Gasteiger partial charge on any atom is 0.225 e. The summed E-state index contributed by atoms with van der Waals surface area (Å²) in [5.74, 6) is 1.64. The predicted molar refractivity (Wildman–Crippen MR) is 117 cm³/mol. The van der Waals surface area contributed by atoms with Crippen molar-refractivity contribution in [2.45, 2.75) is 85.7 Å². The highest BCUT2D eigenvalue weighted by Gasteiger charge is 2.56. The van der Waals surface area contributed by atoms with E-state index < -0.39 is 0 Å². The number of nitrogens with one attached hydrogen (secondary N) is 1. The van der Waals surface area contributed by atoms with Gasteiger partial charge in [0.2, 0.25) is 5.91 Å². The van der Waals surface area contributed by atoms with Crippen LogP contribution >= 0.6 is 0 Å². The van der Waals surface area contributed by atoms with Crippen molar-refractivity contribution in [3.8, 4) is 0 Å². The van der Waals surface area contributed by atoms with Crippen molar-refractivity contribution in [1.82, 2.24) is 5.32 Å². The number of hydrogen-bond donors (Lipinski definition) is 3. The van der Waals surface area contributed by atoms with Gasteiger partial charge in [-0.1, -0.05) is 46.8 Å². The van der Waals surface area contributed by atoms with Crippen LogP contribution in [0.5, 0.6) is 0 Å². The average molecular weight is 406 g/mol. The van der Waals surface area contributed by atoms with E-state index in [-0.39, 0.29) is 40.8 Å². The van der Waals surface area contributed by atoms with Crippen molar-refractivity contribution < 1.29 is 15.0 Å². The first-order chi connectivity index (χ1) is 13.4. The molecule has 7 atom stereocenters. The molecule has 0 radical (unpaired) electrons. The fraction of sp³-hybridized carbons (Fsp3) is 0.880. The number of fused-ring (bicyclic) bond motifs is 1. The van der Waals surface area contributed by atoms with Gasteiger partial charge in [0, 0.05) is 18.6 Å². The molecule has 0 heterocycles. The second kappa shape index (κ2) is 8.00. The lowest BCUT2D eigenvalue weighted by molar-refractivity contribution is -0.130. The number of amides is 1. The first kappa shape index (κ1) is 22.8. The quantitative estimate of drug-likeness (QED) is 0.611. The van der Waals surface area contributed by atoms with Crippen LogP contribution in [0.3, 0.4) is 0 Å². The molecule has 3 aliphatic rings. The Kier molecular flexibility index (Phi) is 6.29. The van der Waals surface area contributed by atoms with Crippen LogP contribution in [-0.4, -0.2) is 35.4 Å². The van der Waals surface area contributed by atoms with Crippen LogP contribution in [0.1, 0.15) is 79.6 Å². The van der Waals surface area contributed by atoms with Crippen molar-refractivity contribution >= 4 is 5.91 Å². The van der Waals surface area contributed by atoms with E-state index in [0.29, 0.717) is 30.7 Å². The molecule has 3 aliphatic carbocycles. The molecular formula is C25H43NO3. The Morgan fingerprint density at radius 2 is 1.86 bits per heavy atom. The lowest BCUT2D eigenvalue weighted by Gasteiger charge is -2.56. The topological polar surface area (TPSA) is 69.6 Å². The SMILES string of the molecule is C=C1CCC2C(CNC(=O)C(C)(C)C)C(C3(C)CCC(O)CC3CO)CCC12C. The number of allylic oxidation sites excluding steroid dienone is 1. The summed E-state index contributed by atoms with van der Waals surface area (Å²) in [4.78, 5) is 12.7. The number of carbonyl (C=O) groups is 1. The zero-order chi connectivity index (χ0) is 21.6. The van der Waals surface area contributed by atoms with Crippen molar-refractivity contribution in [2.24, 2.45) is 39.9 Å². The van der Waals surface area contributed by atoms with Gasteiger partial charge in [-0.25, -0.2) is 0 Å². The molecular weight excluding hydrogens is 362 g/mol. The Labute approximate surface area is 177 Å². The summed E-state index contributed by atoms with van der Waals surface area (Å²) >= 11 is 0. The second-order valence-corrected chi connectivity index (χ2v) is 11.7. The van der Waals surface area contributed by atoms with Gasteiger partial charge in [-0.2, -0.15) is 0 Å². The Balaban J connectivity index is 1.90. The van der Waals surface area contributed by atoms with E-state index in [2.05, 4.69) is 25.7 Å². The summed E-state index contributed by atoms with van der Waals surface area (Å²) in [5, 5.41) is 23.7. The zero-order valence-corrected chi connectivity index (χ0v) is 19.3. The van der Waals surface area contributed by atoms with Gasteiger partial charge in [0.15, 0.2) is 0 Å². The summed E-state index contributed by atoms with van der Waals surface area (Å²) in [6, 6.07) is 0. The summed E-state index contributed by atoms with van der Waals surface area (Å²) in [6.07, 6.45) is 6.70. The van der Waals surface area contributed by atoms with E-state index in [1.54, 1.807) is 0 Å². The largest absolute Gasteiger partial charge is 0.396 e. The van der Waals surface area contributed by atoms with Crippen LogP contribution in [-0.2, 0) is 4.79 Å². The fourth-order valence-electron chi connectivity index (χ4n) is 6.94. The van der Waals surface area contributed by atoms with Crippen LogP contribution in [0.2, 0.25) is 0 Å². The smallest absolute Gasteiger partial charge is 0.225 e. The lowest BCUT2D eigenvalue weighted by Crippen LogP contribution is -2.54. The molecule has 3 N–H and O–H groups in total. The van der Waals surface area contributed by atoms with Gasteiger partial charge >= 0.3 is 0 Å². The highest BCUT2D eigenvalue weighted by Crippen LogP contribution is 2.63. The van der Waals surface area contributed by atoms with Gasteiger partial charge < -0.3 is 15.5 Å². The highest BCUT2D eigenvalue weighted by molar-refractivity contribution is 5.81. The van der Waals surface area contributed by atoms with Gasteiger partial charge in [-0.3, -0.25) is 4.79 Å². The number of carbonyl (C=O) groups excluding carboxylic acids is 1. The van der Waals surface area contributed by atoms with E-state index in [1.165, 1.54) is 5.57 Å². The Hall–Kier alpha value is -0.870. The second-order valence-electron chi connectivity index (χ2n) is 11.7. The molecule has 0 aromatic carbocycles. The van der Waals surface area contributed by atoms with Crippen LogP contribution in [0.15, 0.2) is 12.2 Å². The van der Waals surface area contributed by atoms with Gasteiger partial charge in [0.1, 0.15) is 0 Å². The van der Waals surface area contributed by atoms with E-state index in [4.69, 9.17) is 0 Å². The van der Waals surface area contributed by atoms with Gasteiger partial charge in [-0.05, 0) is 79.4 Å². The third-order valence-corrected chi connectivity index (χ3v) is 9.14. The first-order valence-corrected chi connectivity index (χ1v) is 11.7. The minimum absolute atomic E-state index is 0.0103. The first-order valence-electron chi connectivity index (χ1n) is 11.7. The molecule has 29 heavy (non-hydrogen) atoms. The molecule has 1 amide bonds. The molecule has 3 rings (SSSR count). The molecule has 0 bridgehead atoms. The zero-order valence-electron chi connectivity index (χ0n) is 19.3. The molecule has 4 heteroatoms.